The van der Waals surface area contributed by atoms with Gasteiger partial charge in [0.2, 0.25) is 0 Å². The third-order valence-electron chi connectivity index (χ3n) is 2.82. The van der Waals surface area contributed by atoms with Gasteiger partial charge in [-0.3, -0.25) is 0 Å². The summed E-state index contributed by atoms with van der Waals surface area (Å²) in [5.74, 6) is -1.38. The van der Waals surface area contributed by atoms with E-state index in [0.717, 1.165) is 16.8 Å². The summed E-state index contributed by atoms with van der Waals surface area (Å²) >= 11 is 0. The Labute approximate surface area is 134 Å². The Balaban J connectivity index is 2.39. The first-order chi connectivity index (χ1) is 11.3. The molecular weight excluding hydrogens is 329 g/mol. The minimum atomic E-state index is -4.81. The summed E-state index contributed by atoms with van der Waals surface area (Å²) in [7, 11) is 0. The molecule has 0 amide bonds. The number of carbonyl (C=O) groups excluding carboxylic acids is 1. The number of rotatable bonds is 4. The summed E-state index contributed by atoms with van der Waals surface area (Å²) in [6.45, 7) is 1.67. The molecule has 2 rings (SSSR count). The Hall–Kier alpha value is -3.22. The Morgan fingerprint density at radius 3 is 2.50 bits per heavy atom. The number of halogens is 3. The molecule has 0 atom stereocenters. The number of nitrogens with zero attached hydrogens (tertiary/aromatic N) is 3. The molecule has 7 nitrogen and oxygen atoms in total. The van der Waals surface area contributed by atoms with Crippen molar-refractivity contribution in [3.05, 3.63) is 35.5 Å². The van der Waals surface area contributed by atoms with Gasteiger partial charge in [0.05, 0.1) is 12.3 Å². The van der Waals surface area contributed by atoms with Crippen molar-refractivity contribution in [1.29, 1.82) is 5.26 Å². The standard InChI is InChI=1S/C14H11F3N4O3/c1-2-23-13(22)11-10(7-18)12(19)21(20-11)8-3-5-9(6-4-8)24-14(15,16)17/h3-6H,2,19H2,1H3. The Morgan fingerprint density at radius 2 is 2.00 bits per heavy atom. The van der Waals surface area contributed by atoms with E-state index in [1.165, 1.54) is 12.1 Å². The van der Waals surface area contributed by atoms with Gasteiger partial charge in [0.25, 0.3) is 0 Å². The van der Waals surface area contributed by atoms with E-state index in [1.54, 1.807) is 13.0 Å². The average molecular weight is 340 g/mol. The SMILES string of the molecule is CCOC(=O)c1nn(-c2ccc(OC(F)(F)F)cc2)c(N)c1C#N. The predicted molar refractivity (Wildman–Crippen MR) is 75.3 cm³/mol. The Kier molecular flexibility index (Phi) is 4.64. The molecule has 1 aromatic heterocycles. The second-order valence-corrected chi connectivity index (χ2v) is 4.39. The van der Waals surface area contributed by atoms with Crippen LogP contribution in [0.3, 0.4) is 0 Å². The van der Waals surface area contributed by atoms with Gasteiger partial charge in [-0.15, -0.1) is 13.2 Å². The molecule has 10 heteroatoms. The van der Waals surface area contributed by atoms with Crippen LogP contribution in [0.15, 0.2) is 24.3 Å². The Morgan fingerprint density at radius 1 is 1.38 bits per heavy atom. The fourth-order valence-corrected chi connectivity index (χ4v) is 1.87. The van der Waals surface area contributed by atoms with Crippen molar-refractivity contribution in [2.45, 2.75) is 13.3 Å². The lowest BCUT2D eigenvalue weighted by molar-refractivity contribution is -0.274. The van der Waals surface area contributed by atoms with Gasteiger partial charge < -0.3 is 15.2 Å². The zero-order chi connectivity index (χ0) is 17.9. The Bertz CT molecular complexity index is 791. The molecule has 0 fully saturated rings. The number of carbonyl (C=O) groups is 1. The molecular formula is C14H11F3N4O3. The maximum atomic E-state index is 12.1. The fourth-order valence-electron chi connectivity index (χ4n) is 1.87. The van der Waals surface area contributed by atoms with Crippen molar-refractivity contribution in [3.8, 4) is 17.5 Å². The number of nitriles is 1. The van der Waals surface area contributed by atoms with Gasteiger partial charge in [0.1, 0.15) is 23.2 Å². The molecule has 24 heavy (non-hydrogen) atoms. The lowest BCUT2D eigenvalue weighted by Gasteiger charge is -2.09. The van der Waals surface area contributed by atoms with Gasteiger partial charge in [0.15, 0.2) is 5.69 Å². The summed E-state index contributed by atoms with van der Waals surface area (Å²) in [4.78, 5) is 11.8. The fraction of sp³-hybridized carbons (Fsp3) is 0.214. The molecule has 126 valence electrons. The first kappa shape index (κ1) is 17.1. The van der Waals surface area contributed by atoms with E-state index < -0.39 is 18.1 Å². The largest absolute Gasteiger partial charge is 0.573 e. The normalized spacial score (nSPS) is 11.0. The van der Waals surface area contributed by atoms with Crippen LogP contribution in [-0.2, 0) is 4.74 Å². The first-order valence-corrected chi connectivity index (χ1v) is 6.58. The molecule has 2 N–H and O–H groups in total. The highest BCUT2D eigenvalue weighted by molar-refractivity contribution is 5.92. The summed E-state index contributed by atoms with van der Waals surface area (Å²) < 4.78 is 46.0. The number of hydrogen-bond donors (Lipinski definition) is 1. The van der Waals surface area contributed by atoms with Gasteiger partial charge in [-0.2, -0.15) is 10.4 Å². The number of nitrogens with two attached hydrogens (primary N) is 1. The summed E-state index contributed by atoms with van der Waals surface area (Å²) in [6, 6.07) is 6.37. The van der Waals surface area contributed by atoms with Crippen LogP contribution in [0, 0.1) is 11.3 Å². The third kappa shape index (κ3) is 3.57. The van der Waals surface area contributed by atoms with Crippen LogP contribution >= 0.6 is 0 Å². The number of anilines is 1. The summed E-state index contributed by atoms with van der Waals surface area (Å²) in [5, 5.41) is 13.0. The number of esters is 1. The maximum Gasteiger partial charge on any atom is 0.573 e. The number of nitrogen functional groups attached to an aromatic ring is 1. The van der Waals surface area contributed by atoms with E-state index in [-0.39, 0.29) is 29.4 Å². The predicted octanol–water partition coefficient (Wildman–Crippen LogP) is 2.40. The van der Waals surface area contributed by atoms with Crippen LogP contribution in [0.1, 0.15) is 23.0 Å². The van der Waals surface area contributed by atoms with Crippen molar-refractivity contribution in [3.63, 3.8) is 0 Å². The molecule has 1 heterocycles. The number of alkyl halides is 3. The molecule has 2 aromatic rings. The molecule has 0 aliphatic rings. The van der Waals surface area contributed by atoms with Crippen LogP contribution < -0.4 is 10.5 Å². The van der Waals surface area contributed by atoms with Crippen LogP contribution in [0.4, 0.5) is 19.0 Å². The third-order valence-corrected chi connectivity index (χ3v) is 2.82. The van der Waals surface area contributed by atoms with Crippen molar-refractivity contribution in [1.82, 2.24) is 9.78 Å². The molecule has 0 aliphatic carbocycles. The van der Waals surface area contributed by atoms with Crippen molar-refractivity contribution < 1.29 is 27.4 Å². The highest BCUT2D eigenvalue weighted by Crippen LogP contribution is 2.26. The van der Waals surface area contributed by atoms with E-state index in [4.69, 9.17) is 15.7 Å². The second-order valence-electron chi connectivity index (χ2n) is 4.39. The number of aromatic nitrogens is 2. The van der Waals surface area contributed by atoms with Gasteiger partial charge in [-0.05, 0) is 31.2 Å². The molecule has 0 bridgehead atoms. The van der Waals surface area contributed by atoms with Gasteiger partial charge in [-0.1, -0.05) is 0 Å². The molecule has 0 aliphatic heterocycles. The van der Waals surface area contributed by atoms with Gasteiger partial charge in [0, 0.05) is 0 Å². The van der Waals surface area contributed by atoms with Crippen molar-refractivity contribution in [2.75, 3.05) is 12.3 Å². The zero-order valence-electron chi connectivity index (χ0n) is 12.3. The highest BCUT2D eigenvalue weighted by atomic mass is 19.4. The van der Waals surface area contributed by atoms with Gasteiger partial charge in [-0.25, -0.2) is 9.48 Å². The second kappa shape index (κ2) is 6.49. The number of ether oxygens (including phenoxy) is 2. The topological polar surface area (TPSA) is 103 Å². The average Bonchev–Trinajstić information content (AvgIpc) is 2.83. The van der Waals surface area contributed by atoms with E-state index in [1.807, 2.05) is 0 Å². The minimum absolute atomic E-state index is 0.0833. The van der Waals surface area contributed by atoms with E-state index in [9.17, 15) is 18.0 Å². The summed E-state index contributed by atoms with van der Waals surface area (Å²) in [6.07, 6.45) is -4.81. The maximum absolute atomic E-state index is 12.1. The number of hydrogen-bond acceptors (Lipinski definition) is 6. The van der Waals surface area contributed by atoms with E-state index >= 15 is 0 Å². The van der Waals surface area contributed by atoms with Crippen LogP contribution in [0.25, 0.3) is 5.69 Å². The van der Waals surface area contributed by atoms with E-state index in [2.05, 4.69) is 9.84 Å². The lowest BCUT2D eigenvalue weighted by atomic mass is 10.2. The number of benzene rings is 1. The molecule has 0 saturated carbocycles. The quantitative estimate of drug-likeness (QED) is 0.857. The summed E-state index contributed by atoms with van der Waals surface area (Å²) in [5.41, 5.74) is 5.58. The lowest BCUT2D eigenvalue weighted by Crippen LogP contribution is -2.17. The molecule has 1 aromatic carbocycles. The molecule has 0 spiro atoms. The molecule has 0 saturated heterocycles. The first-order valence-electron chi connectivity index (χ1n) is 6.58. The van der Waals surface area contributed by atoms with Crippen molar-refractivity contribution in [2.24, 2.45) is 0 Å². The minimum Gasteiger partial charge on any atom is -0.461 e. The smallest absolute Gasteiger partial charge is 0.461 e. The van der Waals surface area contributed by atoms with Gasteiger partial charge >= 0.3 is 12.3 Å². The molecule has 0 radical (unpaired) electrons. The zero-order valence-corrected chi connectivity index (χ0v) is 12.3. The monoisotopic (exact) mass is 340 g/mol. The van der Waals surface area contributed by atoms with Crippen LogP contribution in [-0.4, -0.2) is 28.7 Å². The van der Waals surface area contributed by atoms with Crippen LogP contribution in [0.5, 0.6) is 5.75 Å². The molecule has 0 unspecified atom stereocenters. The highest BCUT2D eigenvalue weighted by Gasteiger charge is 2.31. The van der Waals surface area contributed by atoms with Crippen molar-refractivity contribution >= 4 is 11.8 Å². The van der Waals surface area contributed by atoms with Crippen LogP contribution in [0.2, 0.25) is 0 Å². The van der Waals surface area contributed by atoms with E-state index in [0.29, 0.717) is 0 Å².